The van der Waals surface area contributed by atoms with Crippen molar-refractivity contribution in [1.82, 2.24) is 4.98 Å². The number of methoxy groups -OCH3 is 1. The third-order valence-corrected chi connectivity index (χ3v) is 1.75. The summed E-state index contributed by atoms with van der Waals surface area (Å²) in [5.41, 5.74) is 6.24. The van der Waals surface area contributed by atoms with E-state index in [0.29, 0.717) is 12.3 Å². The van der Waals surface area contributed by atoms with Crippen molar-refractivity contribution in [3.63, 3.8) is 0 Å². The summed E-state index contributed by atoms with van der Waals surface area (Å²) in [7, 11) is 1.57. The lowest BCUT2D eigenvalue weighted by Crippen LogP contribution is -2.21. The van der Waals surface area contributed by atoms with Crippen LogP contribution in [0.2, 0.25) is 0 Å². The highest BCUT2D eigenvalue weighted by atomic mass is 16.5. The zero-order valence-electron chi connectivity index (χ0n) is 7.60. The third-order valence-electron chi connectivity index (χ3n) is 1.75. The summed E-state index contributed by atoms with van der Waals surface area (Å²) in [4.78, 5) is 4.01. The van der Waals surface area contributed by atoms with Crippen molar-refractivity contribution < 1.29 is 9.84 Å². The second kappa shape index (κ2) is 4.79. The molecule has 3 N–H and O–H groups in total. The van der Waals surface area contributed by atoms with Crippen molar-refractivity contribution in [2.45, 2.75) is 12.5 Å². The zero-order valence-corrected chi connectivity index (χ0v) is 7.60. The van der Waals surface area contributed by atoms with Crippen LogP contribution in [0.3, 0.4) is 0 Å². The zero-order chi connectivity index (χ0) is 9.68. The van der Waals surface area contributed by atoms with Gasteiger partial charge in [-0.05, 0) is 5.56 Å². The van der Waals surface area contributed by atoms with E-state index >= 15 is 0 Å². The molecule has 1 atom stereocenters. The molecule has 0 aromatic carbocycles. The van der Waals surface area contributed by atoms with Gasteiger partial charge in [-0.2, -0.15) is 0 Å². The highest BCUT2D eigenvalue weighted by molar-refractivity contribution is 5.18. The molecule has 0 saturated heterocycles. The Morgan fingerprint density at radius 1 is 1.62 bits per heavy atom. The molecule has 72 valence electrons. The van der Waals surface area contributed by atoms with Crippen LogP contribution in [-0.2, 0) is 6.42 Å². The summed E-state index contributed by atoms with van der Waals surface area (Å²) in [5, 5.41) is 9.25. The summed E-state index contributed by atoms with van der Waals surface area (Å²) in [6, 6.07) is 3.63. The maximum absolute atomic E-state index is 9.25. The summed E-state index contributed by atoms with van der Waals surface area (Å²) < 4.78 is 4.90. The molecule has 0 spiro atoms. The van der Waals surface area contributed by atoms with Crippen LogP contribution < -0.4 is 10.5 Å². The van der Waals surface area contributed by atoms with Crippen LogP contribution in [0.5, 0.6) is 5.88 Å². The van der Waals surface area contributed by atoms with Gasteiger partial charge in [-0.15, -0.1) is 0 Å². The number of nitrogens with two attached hydrogens (primary N) is 1. The first-order valence-electron chi connectivity index (χ1n) is 4.13. The lowest BCUT2D eigenvalue weighted by atomic mass is 10.1. The second-order valence-electron chi connectivity index (χ2n) is 2.80. The number of aromatic nitrogens is 1. The lowest BCUT2D eigenvalue weighted by molar-refractivity contribution is 0.183. The molecule has 0 aliphatic heterocycles. The fourth-order valence-electron chi connectivity index (χ4n) is 1.01. The topological polar surface area (TPSA) is 68.4 Å². The number of nitrogens with zero attached hydrogens (tertiary/aromatic N) is 1. The maximum Gasteiger partial charge on any atom is 0.212 e. The van der Waals surface area contributed by atoms with Gasteiger partial charge in [-0.1, -0.05) is 6.07 Å². The monoisotopic (exact) mass is 182 g/mol. The van der Waals surface area contributed by atoms with E-state index in [1.54, 1.807) is 19.4 Å². The van der Waals surface area contributed by atoms with E-state index in [-0.39, 0.29) is 6.54 Å². The Balaban J connectivity index is 2.58. The Morgan fingerprint density at radius 2 is 2.38 bits per heavy atom. The van der Waals surface area contributed by atoms with Gasteiger partial charge in [0.25, 0.3) is 0 Å². The van der Waals surface area contributed by atoms with E-state index in [1.165, 1.54) is 0 Å². The standard InChI is InChI=1S/C9H14N2O2/c1-13-9-3-2-7(6-11-9)4-8(12)5-10/h2-3,6,8,12H,4-5,10H2,1H3. The second-order valence-corrected chi connectivity index (χ2v) is 2.80. The first-order valence-corrected chi connectivity index (χ1v) is 4.13. The Hall–Kier alpha value is -1.13. The van der Waals surface area contributed by atoms with Crippen LogP contribution in [0, 0.1) is 0 Å². The van der Waals surface area contributed by atoms with Crippen LogP contribution in [0.15, 0.2) is 18.3 Å². The molecule has 1 rings (SSSR count). The number of aliphatic hydroxyl groups excluding tert-OH is 1. The van der Waals surface area contributed by atoms with Crippen molar-refractivity contribution >= 4 is 0 Å². The molecule has 0 bridgehead atoms. The number of hydrogen-bond acceptors (Lipinski definition) is 4. The van der Waals surface area contributed by atoms with Crippen molar-refractivity contribution in [3.05, 3.63) is 23.9 Å². The van der Waals surface area contributed by atoms with Gasteiger partial charge < -0.3 is 15.6 Å². The molecule has 13 heavy (non-hydrogen) atoms. The summed E-state index contributed by atoms with van der Waals surface area (Å²) in [6.07, 6.45) is 1.72. The largest absolute Gasteiger partial charge is 0.481 e. The quantitative estimate of drug-likeness (QED) is 0.685. The van der Waals surface area contributed by atoms with E-state index < -0.39 is 6.10 Å². The van der Waals surface area contributed by atoms with Gasteiger partial charge in [0.2, 0.25) is 5.88 Å². The Labute approximate surface area is 77.4 Å². The molecule has 0 fully saturated rings. The van der Waals surface area contributed by atoms with E-state index in [1.807, 2.05) is 6.07 Å². The van der Waals surface area contributed by atoms with Crippen LogP contribution in [0.25, 0.3) is 0 Å². The van der Waals surface area contributed by atoms with Crippen LogP contribution in [0.4, 0.5) is 0 Å². The summed E-state index contributed by atoms with van der Waals surface area (Å²) in [5.74, 6) is 0.575. The molecule has 0 aliphatic rings. The Bertz CT molecular complexity index is 248. The Kier molecular flexibility index (Phi) is 3.67. The predicted molar refractivity (Wildman–Crippen MR) is 49.6 cm³/mol. The molecule has 1 heterocycles. The van der Waals surface area contributed by atoms with Gasteiger partial charge in [-0.25, -0.2) is 4.98 Å². The molecule has 1 aromatic heterocycles. The molecular formula is C9H14N2O2. The van der Waals surface area contributed by atoms with Crippen molar-refractivity contribution in [1.29, 1.82) is 0 Å². The number of pyridine rings is 1. The predicted octanol–water partition coefficient (Wildman–Crippen LogP) is -0.0477. The van der Waals surface area contributed by atoms with Crippen LogP contribution in [-0.4, -0.2) is 29.8 Å². The van der Waals surface area contributed by atoms with Gasteiger partial charge >= 0.3 is 0 Å². The van der Waals surface area contributed by atoms with Crippen molar-refractivity contribution in [2.75, 3.05) is 13.7 Å². The molecule has 0 amide bonds. The molecule has 0 radical (unpaired) electrons. The highest BCUT2D eigenvalue weighted by Crippen LogP contribution is 2.08. The van der Waals surface area contributed by atoms with Gasteiger partial charge in [0, 0.05) is 25.2 Å². The van der Waals surface area contributed by atoms with Gasteiger partial charge in [0.1, 0.15) is 0 Å². The third kappa shape index (κ3) is 3.01. The fourth-order valence-corrected chi connectivity index (χ4v) is 1.01. The van der Waals surface area contributed by atoms with Crippen molar-refractivity contribution in [2.24, 2.45) is 5.73 Å². The molecule has 1 aromatic rings. The fraction of sp³-hybridized carbons (Fsp3) is 0.444. The van der Waals surface area contributed by atoms with E-state index in [0.717, 1.165) is 5.56 Å². The Morgan fingerprint density at radius 3 is 2.85 bits per heavy atom. The van der Waals surface area contributed by atoms with Crippen LogP contribution in [0.1, 0.15) is 5.56 Å². The average molecular weight is 182 g/mol. The summed E-state index contributed by atoms with van der Waals surface area (Å²) >= 11 is 0. The number of ether oxygens (including phenoxy) is 1. The summed E-state index contributed by atoms with van der Waals surface area (Å²) in [6.45, 7) is 0.270. The molecule has 4 nitrogen and oxygen atoms in total. The van der Waals surface area contributed by atoms with E-state index in [9.17, 15) is 5.11 Å². The molecule has 1 unspecified atom stereocenters. The van der Waals surface area contributed by atoms with Gasteiger partial charge in [-0.3, -0.25) is 0 Å². The first kappa shape index (κ1) is 9.95. The molecule has 0 saturated carbocycles. The number of aliphatic hydroxyl groups is 1. The minimum atomic E-state index is -0.491. The highest BCUT2D eigenvalue weighted by Gasteiger charge is 2.03. The van der Waals surface area contributed by atoms with Gasteiger partial charge in [0.15, 0.2) is 0 Å². The normalized spacial score (nSPS) is 12.5. The van der Waals surface area contributed by atoms with E-state index in [2.05, 4.69) is 4.98 Å². The van der Waals surface area contributed by atoms with E-state index in [4.69, 9.17) is 10.5 Å². The molecule has 0 aliphatic carbocycles. The van der Waals surface area contributed by atoms with Gasteiger partial charge in [0.05, 0.1) is 13.2 Å². The first-order chi connectivity index (χ1) is 6.26. The lowest BCUT2D eigenvalue weighted by Gasteiger charge is -2.07. The number of rotatable bonds is 4. The number of hydrogen-bond donors (Lipinski definition) is 2. The smallest absolute Gasteiger partial charge is 0.212 e. The minimum Gasteiger partial charge on any atom is -0.481 e. The molecule has 4 heteroatoms. The SMILES string of the molecule is COc1ccc(CC(O)CN)cn1. The minimum absolute atomic E-state index is 0.270. The average Bonchev–Trinajstić information content (AvgIpc) is 2.19. The maximum atomic E-state index is 9.25. The van der Waals surface area contributed by atoms with Crippen molar-refractivity contribution in [3.8, 4) is 5.88 Å². The van der Waals surface area contributed by atoms with Crippen LogP contribution >= 0.6 is 0 Å². The molecular weight excluding hydrogens is 168 g/mol.